The Bertz CT molecular complexity index is 201. The van der Waals surface area contributed by atoms with Gasteiger partial charge in [-0.1, -0.05) is 0 Å². The van der Waals surface area contributed by atoms with Crippen molar-refractivity contribution < 1.29 is 14.3 Å². The summed E-state index contributed by atoms with van der Waals surface area (Å²) in [5.41, 5.74) is -0.182. The third-order valence-electron chi connectivity index (χ3n) is 2.50. The quantitative estimate of drug-likeness (QED) is 0.448. The van der Waals surface area contributed by atoms with Crippen LogP contribution in [0.25, 0.3) is 0 Å². The highest BCUT2D eigenvalue weighted by molar-refractivity contribution is 5.47. The number of nitrogens with zero attached hydrogens (tertiary/aromatic N) is 1. The minimum Gasteiger partial charge on any atom is -0.368 e. The van der Waals surface area contributed by atoms with Crippen LogP contribution in [0.2, 0.25) is 0 Å². The van der Waals surface area contributed by atoms with Gasteiger partial charge in [-0.3, -0.25) is 4.79 Å². The molecule has 4 nitrogen and oxygen atoms in total. The number of amides is 1. The first-order chi connectivity index (χ1) is 6.05. The highest BCUT2D eigenvalue weighted by Gasteiger charge is 2.45. The average Bonchev–Trinajstić information content (AvgIpc) is 2.94. The van der Waals surface area contributed by atoms with Crippen LogP contribution in [0.15, 0.2) is 0 Å². The molecule has 4 heteroatoms. The number of ether oxygens (including phenoxy) is 2. The maximum Gasteiger partial charge on any atom is 0.209 e. The van der Waals surface area contributed by atoms with Crippen LogP contribution in [0.5, 0.6) is 0 Å². The van der Waals surface area contributed by atoms with Crippen molar-refractivity contribution in [3.05, 3.63) is 0 Å². The van der Waals surface area contributed by atoms with Crippen molar-refractivity contribution in [2.45, 2.75) is 25.0 Å². The van der Waals surface area contributed by atoms with Gasteiger partial charge in [0.1, 0.15) is 11.2 Å². The minimum absolute atomic E-state index is 0.0911. The topological polar surface area (TPSA) is 45.4 Å². The van der Waals surface area contributed by atoms with Crippen molar-refractivity contribution in [3.8, 4) is 0 Å². The van der Waals surface area contributed by atoms with Crippen molar-refractivity contribution in [2.75, 3.05) is 26.3 Å². The summed E-state index contributed by atoms with van der Waals surface area (Å²) in [5, 5.41) is 0. The molecule has 2 atom stereocenters. The molecule has 0 radical (unpaired) electrons. The lowest BCUT2D eigenvalue weighted by molar-refractivity contribution is -0.119. The summed E-state index contributed by atoms with van der Waals surface area (Å²) in [5.74, 6) is 0. The second-order valence-electron chi connectivity index (χ2n) is 4.49. The number of rotatable bonds is 5. The SMILES string of the molecule is CC1(CN(C=O)CC2(C)CO2)CO1. The maximum atomic E-state index is 10.7. The fourth-order valence-electron chi connectivity index (χ4n) is 1.42. The van der Waals surface area contributed by atoms with E-state index in [1.54, 1.807) is 4.90 Å². The van der Waals surface area contributed by atoms with Gasteiger partial charge in [-0.25, -0.2) is 0 Å². The average molecular weight is 185 g/mol. The van der Waals surface area contributed by atoms with Crippen LogP contribution in [0, 0.1) is 0 Å². The molecular formula is C9H15NO3. The third kappa shape index (κ3) is 2.19. The normalized spacial score (nSPS) is 41.4. The van der Waals surface area contributed by atoms with Gasteiger partial charge >= 0.3 is 0 Å². The predicted octanol–water partition coefficient (Wildman–Crippen LogP) is 0.0226. The van der Waals surface area contributed by atoms with E-state index in [1.807, 2.05) is 13.8 Å². The summed E-state index contributed by atoms with van der Waals surface area (Å²) < 4.78 is 10.4. The van der Waals surface area contributed by atoms with Gasteiger partial charge in [0, 0.05) is 0 Å². The van der Waals surface area contributed by atoms with Crippen molar-refractivity contribution in [1.82, 2.24) is 4.90 Å². The predicted molar refractivity (Wildman–Crippen MR) is 46.4 cm³/mol. The minimum atomic E-state index is -0.0911. The Hall–Kier alpha value is -0.610. The molecule has 74 valence electrons. The second kappa shape index (κ2) is 2.69. The molecule has 1 amide bonds. The summed E-state index contributed by atoms with van der Waals surface area (Å²) in [6.45, 7) is 6.90. The molecule has 2 unspecified atom stereocenters. The van der Waals surface area contributed by atoms with Gasteiger partial charge < -0.3 is 14.4 Å². The first-order valence-corrected chi connectivity index (χ1v) is 4.53. The van der Waals surface area contributed by atoms with E-state index in [9.17, 15) is 4.79 Å². The fourth-order valence-corrected chi connectivity index (χ4v) is 1.42. The van der Waals surface area contributed by atoms with E-state index in [2.05, 4.69) is 0 Å². The number of hydrogen-bond acceptors (Lipinski definition) is 3. The smallest absolute Gasteiger partial charge is 0.209 e. The zero-order valence-electron chi connectivity index (χ0n) is 8.08. The Kier molecular flexibility index (Phi) is 1.85. The third-order valence-corrected chi connectivity index (χ3v) is 2.50. The standard InChI is InChI=1S/C9H15NO3/c1-8(5-12-8)3-10(7-11)4-9(2)6-13-9/h7H,3-6H2,1-2H3. The molecule has 0 N–H and O–H groups in total. The van der Waals surface area contributed by atoms with Gasteiger partial charge in [-0.15, -0.1) is 0 Å². The molecule has 2 heterocycles. The molecule has 0 spiro atoms. The molecule has 2 aliphatic heterocycles. The van der Waals surface area contributed by atoms with E-state index in [-0.39, 0.29) is 11.2 Å². The van der Waals surface area contributed by atoms with Crippen molar-refractivity contribution in [1.29, 1.82) is 0 Å². The zero-order chi connectivity index (χ0) is 9.53. The highest BCUT2D eigenvalue weighted by Crippen LogP contribution is 2.30. The zero-order valence-corrected chi connectivity index (χ0v) is 8.08. The van der Waals surface area contributed by atoms with Gasteiger partial charge in [0.15, 0.2) is 0 Å². The lowest BCUT2D eigenvalue weighted by Gasteiger charge is -2.21. The molecule has 0 aromatic heterocycles. The van der Waals surface area contributed by atoms with E-state index in [4.69, 9.17) is 9.47 Å². The molecule has 0 bridgehead atoms. The second-order valence-corrected chi connectivity index (χ2v) is 4.49. The summed E-state index contributed by atoms with van der Waals surface area (Å²) in [7, 11) is 0. The van der Waals surface area contributed by atoms with E-state index in [1.165, 1.54) is 0 Å². The highest BCUT2D eigenvalue weighted by atomic mass is 16.6. The molecule has 0 aliphatic carbocycles. The van der Waals surface area contributed by atoms with Crippen molar-refractivity contribution in [3.63, 3.8) is 0 Å². The van der Waals surface area contributed by atoms with Crippen molar-refractivity contribution >= 4 is 6.41 Å². The Morgan fingerprint density at radius 2 is 1.62 bits per heavy atom. The van der Waals surface area contributed by atoms with Crippen LogP contribution in [-0.4, -0.2) is 48.8 Å². The van der Waals surface area contributed by atoms with Crippen LogP contribution in [0.3, 0.4) is 0 Å². The molecule has 2 saturated heterocycles. The van der Waals surface area contributed by atoms with E-state index in [0.717, 1.165) is 19.6 Å². The van der Waals surface area contributed by atoms with E-state index < -0.39 is 0 Å². The van der Waals surface area contributed by atoms with Gasteiger partial charge in [0.05, 0.1) is 26.3 Å². The van der Waals surface area contributed by atoms with Crippen LogP contribution in [0.1, 0.15) is 13.8 Å². The largest absolute Gasteiger partial charge is 0.368 e. The molecule has 2 aliphatic rings. The lowest BCUT2D eigenvalue weighted by atomic mass is 10.1. The number of carbonyl (C=O) groups is 1. The summed E-state index contributed by atoms with van der Waals surface area (Å²) in [6, 6.07) is 0. The monoisotopic (exact) mass is 185 g/mol. The number of carbonyl (C=O) groups excluding carboxylic acids is 1. The van der Waals surface area contributed by atoms with Crippen molar-refractivity contribution in [2.24, 2.45) is 0 Å². The molecule has 0 saturated carbocycles. The van der Waals surface area contributed by atoms with Gasteiger partial charge in [-0.05, 0) is 13.8 Å². The van der Waals surface area contributed by atoms with Crippen LogP contribution in [-0.2, 0) is 14.3 Å². The van der Waals surface area contributed by atoms with Crippen LogP contribution < -0.4 is 0 Å². The summed E-state index contributed by atoms with van der Waals surface area (Å²) in [4.78, 5) is 12.5. The fraction of sp³-hybridized carbons (Fsp3) is 0.889. The number of epoxide rings is 2. The van der Waals surface area contributed by atoms with Crippen LogP contribution in [0.4, 0.5) is 0 Å². The Morgan fingerprint density at radius 3 is 1.85 bits per heavy atom. The summed E-state index contributed by atoms with van der Waals surface area (Å²) in [6.07, 6.45) is 0.875. The molecule has 2 fully saturated rings. The first kappa shape index (κ1) is 8.97. The summed E-state index contributed by atoms with van der Waals surface area (Å²) >= 11 is 0. The molecule has 0 aromatic carbocycles. The van der Waals surface area contributed by atoms with E-state index >= 15 is 0 Å². The number of hydrogen-bond donors (Lipinski definition) is 0. The maximum absolute atomic E-state index is 10.7. The Morgan fingerprint density at radius 1 is 1.23 bits per heavy atom. The van der Waals surface area contributed by atoms with Gasteiger partial charge in [0.2, 0.25) is 6.41 Å². The van der Waals surface area contributed by atoms with Gasteiger partial charge in [0.25, 0.3) is 0 Å². The first-order valence-electron chi connectivity index (χ1n) is 4.53. The van der Waals surface area contributed by atoms with E-state index in [0.29, 0.717) is 13.1 Å². The molecule has 13 heavy (non-hydrogen) atoms. The molecule has 0 aromatic rings. The van der Waals surface area contributed by atoms with Gasteiger partial charge in [-0.2, -0.15) is 0 Å². The Labute approximate surface area is 77.8 Å². The lowest BCUT2D eigenvalue weighted by Crippen LogP contribution is -2.38. The van der Waals surface area contributed by atoms with Crippen LogP contribution >= 0.6 is 0 Å². The molecule has 2 rings (SSSR count). The Balaban J connectivity index is 1.82. The molecular weight excluding hydrogens is 170 g/mol.